The molecule has 3 aliphatic rings. The molecule has 0 unspecified atom stereocenters. The molecule has 0 heterocycles. The molecule has 17 heavy (non-hydrogen) atoms. The minimum Gasteiger partial charge on any atom is -0.392 e. The van der Waals surface area contributed by atoms with Gasteiger partial charge in [0.15, 0.2) is 0 Å². The first-order chi connectivity index (χ1) is 8.10. The van der Waals surface area contributed by atoms with Crippen LogP contribution in [0.3, 0.4) is 0 Å². The van der Waals surface area contributed by atoms with Gasteiger partial charge in [-0.2, -0.15) is 0 Å². The summed E-state index contributed by atoms with van der Waals surface area (Å²) in [6.45, 7) is 2.09. The van der Waals surface area contributed by atoms with E-state index in [-0.39, 0.29) is 17.9 Å². The molecule has 0 spiro atoms. The fraction of sp³-hybridized carbons (Fsp3) is 0.733. The van der Waals surface area contributed by atoms with Crippen molar-refractivity contribution in [2.75, 3.05) is 0 Å². The van der Waals surface area contributed by atoms with Gasteiger partial charge in [0.05, 0.1) is 11.7 Å². The summed E-state index contributed by atoms with van der Waals surface area (Å²) in [6, 6.07) is 0. The monoisotopic (exact) mass is 234 g/mol. The van der Waals surface area contributed by atoms with E-state index in [0.29, 0.717) is 0 Å². The molecule has 2 nitrogen and oxygen atoms in total. The van der Waals surface area contributed by atoms with E-state index in [1.807, 2.05) is 0 Å². The zero-order valence-electron chi connectivity index (χ0n) is 10.5. The lowest BCUT2D eigenvalue weighted by Gasteiger charge is -2.48. The lowest BCUT2D eigenvalue weighted by molar-refractivity contribution is -0.0922. The third-order valence-corrected chi connectivity index (χ3v) is 4.91. The van der Waals surface area contributed by atoms with Gasteiger partial charge in [-0.15, -0.1) is 0 Å². The van der Waals surface area contributed by atoms with Gasteiger partial charge >= 0.3 is 0 Å². The summed E-state index contributed by atoms with van der Waals surface area (Å²) in [6.07, 6.45) is 9.87. The Hall–Kier alpha value is -0.600. The van der Waals surface area contributed by atoms with Crippen LogP contribution >= 0.6 is 0 Å². The Labute approximate surface area is 103 Å². The van der Waals surface area contributed by atoms with E-state index in [0.717, 1.165) is 38.5 Å². The van der Waals surface area contributed by atoms with Crippen molar-refractivity contribution < 1.29 is 10.2 Å². The normalized spacial score (nSPS) is 45.5. The number of aliphatic hydroxyl groups excluding tert-OH is 1. The predicted molar refractivity (Wildman–Crippen MR) is 67.5 cm³/mol. The second kappa shape index (κ2) is 3.96. The van der Waals surface area contributed by atoms with Gasteiger partial charge in [-0.3, -0.25) is 0 Å². The van der Waals surface area contributed by atoms with E-state index in [1.54, 1.807) is 0 Å². The Bertz CT molecular complexity index is 382. The van der Waals surface area contributed by atoms with Crippen LogP contribution < -0.4 is 0 Å². The molecular formula is C15H22O2. The van der Waals surface area contributed by atoms with Crippen molar-refractivity contribution in [3.05, 3.63) is 23.3 Å². The summed E-state index contributed by atoms with van der Waals surface area (Å²) in [5.41, 5.74) is 2.00. The van der Waals surface area contributed by atoms with E-state index >= 15 is 0 Å². The van der Waals surface area contributed by atoms with Gasteiger partial charge in [-0.25, -0.2) is 0 Å². The number of hydrogen-bond acceptors (Lipinski definition) is 2. The summed E-state index contributed by atoms with van der Waals surface area (Å²) in [5, 5.41) is 21.2. The van der Waals surface area contributed by atoms with Crippen molar-refractivity contribution in [2.45, 2.75) is 57.2 Å². The molecule has 2 N–H and O–H groups in total. The molecule has 0 aliphatic heterocycles. The summed E-state index contributed by atoms with van der Waals surface area (Å²) in [4.78, 5) is 0. The maximum atomic E-state index is 10.8. The fourth-order valence-corrected chi connectivity index (χ4v) is 4.21. The first kappa shape index (κ1) is 11.5. The molecular weight excluding hydrogens is 212 g/mol. The van der Waals surface area contributed by atoms with Crippen LogP contribution in [-0.2, 0) is 0 Å². The van der Waals surface area contributed by atoms with Gasteiger partial charge in [0, 0.05) is 5.92 Å². The summed E-state index contributed by atoms with van der Waals surface area (Å²) < 4.78 is 0. The van der Waals surface area contributed by atoms with Crippen LogP contribution in [0.1, 0.15) is 45.4 Å². The van der Waals surface area contributed by atoms with Crippen molar-refractivity contribution >= 4 is 0 Å². The van der Waals surface area contributed by atoms with Crippen molar-refractivity contribution in [2.24, 2.45) is 11.8 Å². The fourth-order valence-electron chi connectivity index (χ4n) is 4.21. The molecule has 0 radical (unpaired) electrons. The van der Waals surface area contributed by atoms with E-state index in [2.05, 4.69) is 19.1 Å². The van der Waals surface area contributed by atoms with Crippen molar-refractivity contribution in [1.29, 1.82) is 0 Å². The average Bonchev–Trinajstić information content (AvgIpc) is 2.38. The third-order valence-electron chi connectivity index (χ3n) is 4.91. The van der Waals surface area contributed by atoms with Gasteiger partial charge in [0.1, 0.15) is 0 Å². The standard InChI is InChI=1S/C15H22O2/c1-10-8-11-4-2-6-15(17)7-3-5-12(14(11)15)13(16)9-10/h4,8,12-14,16-17H,2-3,5-7,9H2,1H3/t12-,13-,14-,15+/m0/s1. The van der Waals surface area contributed by atoms with E-state index in [4.69, 9.17) is 0 Å². The highest BCUT2D eigenvalue weighted by Gasteiger charge is 2.49. The highest BCUT2D eigenvalue weighted by molar-refractivity contribution is 5.34. The minimum atomic E-state index is -0.547. The molecule has 1 saturated carbocycles. The van der Waals surface area contributed by atoms with Crippen LogP contribution in [-0.4, -0.2) is 21.9 Å². The summed E-state index contributed by atoms with van der Waals surface area (Å²) in [7, 11) is 0. The highest BCUT2D eigenvalue weighted by Crippen LogP contribution is 2.50. The molecule has 1 fully saturated rings. The first-order valence-corrected chi connectivity index (χ1v) is 6.88. The largest absolute Gasteiger partial charge is 0.392 e. The zero-order chi connectivity index (χ0) is 12.0. The van der Waals surface area contributed by atoms with Gasteiger partial charge < -0.3 is 10.2 Å². The molecule has 0 aromatic carbocycles. The van der Waals surface area contributed by atoms with Crippen molar-refractivity contribution in [3.8, 4) is 0 Å². The number of aliphatic hydroxyl groups is 2. The maximum absolute atomic E-state index is 10.8. The summed E-state index contributed by atoms with van der Waals surface area (Å²) >= 11 is 0. The Kier molecular flexibility index (Phi) is 2.68. The molecule has 0 amide bonds. The van der Waals surface area contributed by atoms with Crippen LogP contribution in [0, 0.1) is 11.8 Å². The van der Waals surface area contributed by atoms with Crippen LogP contribution in [0.2, 0.25) is 0 Å². The van der Waals surface area contributed by atoms with Gasteiger partial charge in [0.25, 0.3) is 0 Å². The third kappa shape index (κ3) is 1.78. The van der Waals surface area contributed by atoms with E-state index in [1.165, 1.54) is 11.1 Å². The summed E-state index contributed by atoms with van der Waals surface area (Å²) in [5.74, 6) is 0.437. The Morgan fingerprint density at radius 1 is 1.35 bits per heavy atom. The lowest BCUT2D eigenvalue weighted by Crippen LogP contribution is -2.50. The molecule has 2 heteroatoms. The van der Waals surface area contributed by atoms with E-state index < -0.39 is 5.60 Å². The van der Waals surface area contributed by atoms with Gasteiger partial charge in [0.2, 0.25) is 0 Å². The topological polar surface area (TPSA) is 40.5 Å². The second-order valence-corrected chi connectivity index (χ2v) is 6.14. The highest BCUT2D eigenvalue weighted by atomic mass is 16.3. The number of allylic oxidation sites excluding steroid dienone is 2. The van der Waals surface area contributed by atoms with Crippen molar-refractivity contribution in [1.82, 2.24) is 0 Å². The maximum Gasteiger partial charge on any atom is 0.0722 e. The van der Waals surface area contributed by atoms with Crippen LogP contribution in [0.5, 0.6) is 0 Å². The number of rotatable bonds is 0. The molecule has 0 aromatic heterocycles. The second-order valence-electron chi connectivity index (χ2n) is 6.14. The van der Waals surface area contributed by atoms with Crippen LogP contribution in [0.4, 0.5) is 0 Å². The Balaban J connectivity index is 2.06. The quantitative estimate of drug-likeness (QED) is 0.676. The molecule has 0 saturated heterocycles. The SMILES string of the molecule is CC1=CC2=CCC[C@@]3(O)CCC[C@@H]([C@@H](O)C1)[C@H]23. The first-order valence-electron chi connectivity index (χ1n) is 6.88. The van der Waals surface area contributed by atoms with E-state index in [9.17, 15) is 10.2 Å². The molecule has 3 aliphatic carbocycles. The minimum absolute atomic E-state index is 0.178. The van der Waals surface area contributed by atoms with Gasteiger partial charge in [-0.1, -0.05) is 24.1 Å². The zero-order valence-corrected chi connectivity index (χ0v) is 10.5. The average molecular weight is 234 g/mol. The molecule has 3 rings (SSSR count). The Morgan fingerprint density at radius 3 is 3.00 bits per heavy atom. The lowest BCUT2D eigenvalue weighted by atomic mass is 9.61. The number of hydrogen-bond donors (Lipinski definition) is 2. The molecule has 0 aromatic rings. The molecule has 94 valence electrons. The predicted octanol–water partition coefficient (Wildman–Crippen LogP) is 2.56. The smallest absolute Gasteiger partial charge is 0.0722 e. The van der Waals surface area contributed by atoms with Gasteiger partial charge in [-0.05, 0) is 50.5 Å². The molecule has 0 bridgehead atoms. The van der Waals surface area contributed by atoms with Crippen molar-refractivity contribution in [3.63, 3.8) is 0 Å². The molecule has 4 atom stereocenters. The van der Waals surface area contributed by atoms with Crippen LogP contribution in [0.15, 0.2) is 23.3 Å². The Morgan fingerprint density at radius 2 is 2.18 bits per heavy atom. The van der Waals surface area contributed by atoms with Crippen LogP contribution in [0.25, 0.3) is 0 Å².